The molecule has 0 aromatic rings. The zero-order valence-electron chi connectivity index (χ0n) is 22.2. The maximum Gasteiger partial charge on any atom is 0.325 e. The van der Waals surface area contributed by atoms with Gasteiger partial charge in [0.05, 0.1) is 19.0 Å². The van der Waals surface area contributed by atoms with Crippen LogP contribution in [0.3, 0.4) is 0 Å². The summed E-state index contributed by atoms with van der Waals surface area (Å²) in [5, 5.41) is 0. The normalized spacial score (nSPS) is 19.3. The second-order valence-corrected chi connectivity index (χ2v) is 15.4. The predicted molar refractivity (Wildman–Crippen MR) is 136 cm³/mol. The van der Waals surface area contributed by atoms with Crippen molar-refractivity contribution in [3.8, 4) is 12.3 Å². The highest BCUT2D eigenvalue weighted by Gasteiger charge is 2.54. The summed E-state index contributed by atoms with van der Waals surface area (Å²) in [5.74, 6) is 1.86. The van der Waals surface area contributed by atoms with Crippen LogP contribution < -0.4 is 0 Å². The molecule has 0 radical (unpaired) electrons. The van der Waals surface area contributed by atoms with Gasteiger partial charge in [-0.2, -0.15) is 0 Å². The van der Waals surface area contributed by atoms with Crippen molar-refractivity contribution in [2.75, 3.05) is 13.2 Å². The Morgan fingerprint density at radius 3 is 1.94 bits per heavy atom. The van der Waals surface area contributed by atoms with E-state index in [4.69, 9.17) is 20.3 Å². The lowest BCUT2D eigenvalue weighted by atomic mass is 9.69. The lowest BCUT2D eigenvalue weighted by molar-refractivity contribution is -0.175. The van der Waals surface area contributed by atoms with Gasteiger partial charge in [-0.3, -0.25) is 9.59 Å². The Labute approximate surface area is 203 Å². The quantitative estimate of drug-likeness (QED) is 0.142. The van der Waals surface area contributed by atoms with E-state index in [1.807, 2.05) is 6.08 Å². The molecule has 5 nitrogen and oxygen atoms in total. The maximum atomic E-state index is 13.3. The minimum Gasteiger partial charge on any atom is -0.546 e. The molecule has 6 heteroatoms. The van der Waals surface area contributed by atoms with E-state index in [1.54, 1.807) is 13.8 Å². The number of rotatable bonds is 11. The molecule has 1 aliphatic carbocycles. The summed E-state index contributed by atoms with van der Waals surface area (Å²) >= 11 is 0. The monoisotopic (exact) mass is 478 g/mol. The molecule has 0 fully saturated rings. The molecule has 188 valence electrons. The highest BCUT2D eigenvalue weighted by molar-refractivity contribution is 6.77. The van der Waals surface area contributed by atoms with E-state index in [2.05, 4.69) is 47.5 Å². The van der Waals surface area contributed by atoms with Crippen LogP contribution in [0.1, 0.15) is 93.9 Å². The third kappa shape index (κ3) is 6.44. The van der Waals surface area contributed by atoms with E-state index in [1.165, 1.54) is 0 Å². The van der Waals surface area contributed by atoms with Gasteiger partial charge in [-0.25, -0.2) is 0 Å². The predicted octanol–water partition coefficient (Wildman–Crippen LogP) is 6.78. The van der Waals surface area contributed by atoms with Crippen LogP contribution in [-0.4, -0.2) is 33.5 Å². The van der Waals surface area contributed by atoms with Crippen LogP contribution in [0.15, 0.2) is 11.8 Å². The molecule has 0 saturated heterocycles. The van der Waals surface area contributed by atoms with E-state index >= 15 is 0 Å². The molecule has 0 aromatic carbocycles. The molecule has 1 rings (SSSR count). The Morgan fingerprint density at radius 1 is 1.00 bits per heavy atom. The molecule has 0 amide bonds. The van der Waals surface area contributed by atoms with Crippen molar-refractivity contribution in [3.63, 3.8) is 0 Å². The summed E-state index contributed by atoms with van der Waals surface area (Å²) in [6, 6.07) is 0. The van der Waals surface area contributed by atoms with Crippen molar-refractivity contribution in [3.05, 3.63) is 11.8 Å². The zero-order valence-corrected chi connectivity index (χ0v) is 23.2. The van der Waals surface area contributed by atoms with E-state index in [0.717, 1.165) is 31.4 Å². The molecule has 0 saturated carbocycles. The van der Waals surface area contributed by atoms with Crippen LogP contribution in [0.25, 0.3) is 0 Å². The zero-order chi connectivity index (χ0) is 25.2. The number of hydrogen-bond donors (Lipinski definition) is 0. The van der Waals surface area contributed by atoms with Crippen LogP contribution in [0, 0.1) is 23.7 Å². The van der Waals surface area contributed by atoms with E-state index in [9.17, 15) is 9.59 Å². The third-order valence-corrected chi connectivity index (χ3v) is 13.2. The summed E-state index contributed by atoms with van der Waals surface area (Å²) < 4.78 is 17.8. The second-order valence-electron chi connectivity index (χ2n) is 10.1. The molecule has 1 unspecified atom stereocenters. The fourth-order valence-electron chi connectivity index (χ4n) is 5.63. The highest BCUT2D eigenvalue weighted by Crippen LogP contribution is 2.46. The van der Waals surface area contributed by atoms with Gasteiger partial charge in [0, 0.05) is 18.8 Å². The van der Waals surface area contributed by atoms with Crippen molar-refractivity contribution >= 4 is 20.3 Å². The van der Waals surface area contributed by atoms with Gasteiger partial charge in [-0.15, -0.1) is 12.3 Å². The van der Waals surface area contributed by atoms with Crippen LogP contribution in [0.2, 0.25) is 16.6 Å². The molecule has 0 bridgehead atoms. The molecule has 0 heterocycles. The summed E-state index contributed by atoms with van der Waals surface area (Å²) in [6.45, 7) is 17.4. The number of carbonyl (C=O) groups is 2. The van der Waals surface area contributed by atoms with Crippen LogP contribution in [0.5, 0.6) is 0 Å². The van der Waals surface area contributed by atoms with Gasteiger partial charge in [0.1, 0.15) is 0 Å². The Hall–Kier alpha value is -1.74. The summed E-state index contributed by atoms with van der Waals surface area (Å²) in [7, 11) is -2.19. The SMILES string of the molecule is C#CCC(C(=O)OCC)(C(=O)OCC)C1/C=C(/O[Si](C(C)C)(C(C)C)C(C)C)CCCCC1. The molecule has 0 aliphatic heterocycles. The molecule has 33 heavy (non-hydrogen) atoms. The number of terminal acetylenes is 1. The molecular weight excluding hydrogens is 432 g/mol. The molecule has 0 aromatic heterocycles. The average molecular weight is 479 g/mol. The minimum atomic E-state index is -2.19. The van der Waals surface area contributed by atoms with Crippen molar-refractivity contribution in [1.82, 2.24) is 0 Å². The first-order valence-corrected chi connectivity index (χ1v) is 14.9. The second kappa shape index (κ2) is 13.2. The van der Waals surface area contributed by atoms with Gasteiger partial charge in [-0.1, -0.05) is 54.4 Å². The van der Waals surface area contributed by atoms with Gasteiger partial charge < -0.3 is 13.9 Å². The molecule has 0 N–H and O–H groups in total. The fourth-order valence-corrected chi connectivity index (χ4v) is 11.0. The van der Waals surface area contributed by atoms with Crippen molar-refractivity contribution in [2.24, 2.45) is 11.3 Å². The molecular formula is C27H46O5Si. The number of esters is 2. The first-order chi connectivity index (χ1) is 15.5. The number of carbonyl (C=O) groups excluding carboxylic acids is 2. The van der Waals surface area contributed by atoms with Gasteiger partial charge in [0.25, 0.3) is 8.32 Å². The molecule has 1 aliphatic rings. The topological polar surface area (TPSA) is 61.8 Å². The maximum absolute atomic E-state index is 13.3. The minimum absolute atomic E-state index is 0.0553. The lowest BCUT2D eigenvalue weighted by Gasteiger charge is -2.44. The standard InChI is InChI=1S/C27H46O5Si/c1-10-18-27(25(28)30-11-2,26(29)31-12-3)23-16-14-13-15-17-24(19-23)32-33(20(4)5,21(6)7)22(8)9/h1,19-23H,11-18H2,2-9H3/b24-19+. The first-order valence-electron chi connectivity index (χ1n) is 12.7. The Morgan fingerprint density at radius 2 is 1.52 bits per heavy atom. The largest absolute Gasteiger partial charge is 0.546 e. The Kier molecular flexibility index (Phi) is 11.7. The summed E-state index contributed by atoms with van der Waals surface area (Å²) in [4.78, 5) is 26.6. The van der Waals surface area contributed by atoms with E-state index in [-0.39, 0.29) is 19.6 Å². The van der Waals surface area contributed by atoms with Crippen molar-refractivity contribution in [2.45, 2.75) is 111 Å². The van der Waals surface area contributed by atoms with Gasteiger partial charge >= 0.3 is 11.9 Å². The first kappa shape index (κ1) is 29.3. The lowest BCUT2D eigenvalue weighted by Crippen LogP contribution is -2.49. The summed E-state index contributed by atoms with van der Waals surface area (Å²) in [6.07, 6.45) is 12.1. The van der Waals surface area contributed by atoms with Crippen LogP contribution in [-0.2, 0) is 23.5 Å². The van der Waals surface area contributed by atoms with Crippen molar-refractivity contribution < 1.29 is 23.5 Å². The van der Waals surface area contributed by atoms with Gasteiger partial charge in [0.2, 0.25) is 0 Å². The Balaban J connectivity index is 3.66. The molecule has 1 atom stereocenters. The average Bonchev–Trinajstić information content (AvgIpc) is 2.71. The molecule has 0 spiro atoms. The third-order valence-electron chi connectivity index (χ3n) is 7.13. The number of ether oxygens (including phenoxy) is 2. The van der Waals surface area contributed by atoms with E-state index < -0.39 is 31.6 Å². The number of allylic oxidation sites excluding steroid dienone is 2. The summed E-state index contributed by atoms with van der Waals surface area (Å²) in [5.41, 5.74) is -0.279. The van der Waals surface area contributed by atoms with Crippen LogP contribution >= 0.6 is 0 Å². The van der Waals surface area contributed by atoms with Crippen LogP contribution in [0.4, 0.5) is 0 Å². The van der Waals surface area contributed by atoms with E-state index in [0.29, 0.717) is 23.0 Å². The smallest absolute Gasteiger partial charge is 0.325 e. The van der Waals surface area contributed by atoms with Gasteiger partial charge in [0.15, 0.2) is 5.41 Å². The fraction of sp³-hybridized carbons (Fsp3) is 0.778. The van der Waals surface area contributed by atoms with Gasteiger partial charge in [-0.05, 0) is 49.4 Å². The highest BCUT2D eigenvalue weighted by atomic mass is 28.4. The Bertz CT molecular complexity index is 677. The number of hydrogen-bond acceptors (Lipinski definition) is 5. The van der Waals surface area contributed by atoms with Crippen molar-refractivity contribution in [1.29, 1.82) is 0 Å².